The van der Waals surface area contributed by atoms with Crippen molar-refractivity contribution in [3.8, 4) is 5.75 Å². The molecule has 162 valence electrons. The summed E-state index contributed by atoms with van der Waals surface area (Å²) < 4.78 is 11.7. The number of nitro groups is 1. The quantitative estimate of drug-likeness (QED) is 0.222. The van der Waals surface area contributed by atoms with E-state index in [0.29, 0.717) is 11.3 Å². The fourth-order valence-corrected chi connectivity index (χ4v) is 3.60. The summed E-state index contributed by atoms with van der Waals surface area (Å²) in [5, 5.41) is 23.4. The Kier molecular flexibility index (Phi) is 5.64. The molecule has 7 nitrogen and oxygen atoms in total. The fraction of sp³-hybridized carbons (Fsp3) is 0.160. The standard InChI is InChI=1S/C25H22N2O5/c1-15-12-19(25(28)21(13-15)27(29)30)14-26-20-8-6-18(7-9-20)24(22-10-4-16(2)31-22)23-11-5-17(3)32-23/h4-14,24,28H,1-3H3/p-1. The van der Waals surface area contributed by atoms with Gasteiger partial charge in [-0.25, -0.2) is 0 Å². The Bertz CT molecular complexity index is 1260. The summed E-state index contributed by atoms with van der Waals surface area (Å²) in [5.74, 6) is 2.32. The molecular formula is C25H21N2O5-. The second-order valence-electron chi connectivity index (χ2n) is 7.64. The van der Waals surface area contributed by atoms with Crippen LogP contribution in [0.3, 0.4) is 0 Å². The van der Waals surface area contributed by atoms with Crippen molar-refractivity contribution in [1.29, 1.82) is 0 Å². The summed E-state index contributed by atoms with van der Waals surface area (Å²) in [6.07, 6.45) is 1.36. The minimum Gasteiger partial charge on any atom is -0.867 e. The normalized spacial score (nSPS) is 11.5. The third-order valence-electron chi connectivity index (χ3n) is 5.11. The van der Waals surface area contributed by atoms with Gasteiger partial charge in [0.05, 0.1) is 10.6 Å². The number of rotatable bonds is 6. The molecule has 0 fully saturated rings. The third kappa shape index (κ3) is 4.32. The first-order valence-corrected chi connectivity index (χ1v) is 10.0. The van der Waals surface area contributed by atoms with Gasteiger partial charge in [0.1, 0.15) is 29.0 Å². The van der Waals surface area contributed by atoms with Crippen molar-refractivity contribution in [2.45, 2.75) is 26.7 Å². The maximum atomic E-state index is 12.3. The number of hydrogen-bond donors (Lipinski definition) is 0. The highest BCUT2D eigenvalue weighted by molar-refractivity contribution is 5.87. The fourth-order valence-electron chi connectivity index (χ4n) is 3.60. The largest absolute Gasteiger partial charge is 0.867 e. The number of aryl methyl sites for hydroxylation is 3. The van der Waals surface area contributed by atoms with E-state index < -0.39 is 16.4 Å². The summed E-state index contributed by atoms with van der Waals surface area (Å²) in [6, 6.07) is 18.0. The maximum absolute atomic E-state index is 12.3. The summed E-state index contributed by atoms with van der Waals surface area (Å²) >= 11 is 0. The average Bonchev–Trinajstić information content (AvgIpc) is 3.38. The van der Waals surface area contributed by atoms with Gasteiger partial charge in [-0.3, -0.25) is 15.1 Å². The van der Waals surface area contributed by atoms with Crippen molar-refractivity contribution in [3.63, 3.8) is 0 Å². The smallest absolute Gasteiger partial charge is 0.262 e. The molecule has 32 heavy (non-hydrogen) atoms. The maximum Gasteiger partial charge on any atom is 0.262 e. The van der Waals surface area contributed by atoms with E-state index in [-0.39, 0.29) is 11.5 Å². The molecule has 0 aliphatic rings. The Morgan fingerprint density at radius 1 is 0.906 bits per heavy atom. The highest BCUT2D eigenvalue weighted by atomic mass is 16.6. The molecular weight excluding hydrogens is 408 g/mol. The minimum atomic E-state index is -0.672. The van der Waals surface area contributed by atoms with Crippen LogP contribution in [0.15, 0.2) is 74.5 Å². The van der Waals surface area contributed by atoms with Crippen LogP contribution < -0.4 is 5.11 Å². The highest BCUT2D eigenvalue weighted by Gasteiger charge is 2.23. The van der Waals surface area contributed by atoms with E-state index in [0.717, 1.165) is 28.6 Å². The zero-order valence-electron chi connectivity index (χ0n) is 17.9. The van der Waals surface area contributed by atoms with Crippen molar-refractivity contribution >= 4 is 17.6 Å². The van der Waals surface area contributed by atoms with Gasteiger partial charge >= 0.3 is 0 Å². The summed E-state index contributed by atoms with van der Waals surface area (Å²) in [5.41, 5.74) is 1.92. The first-order chi connectivity index (χ1) is 15.3. The lowest BCUT2D eigenvalue weighted by Gasteiger charge is -2.13. The van der Waals surface area contributed by atoms with E-state index in [2.05, 4.69) is 4.99 Å². The Morgan fingerprint density at radius 2 is 1.50 bits per heavy atom. The molecule has 2 heterocycles. The van der Waals surface area contributed by atoms with Crippen LogP contribution in [-0.4, -0.2) is 11.1 Å². The van der Waals surface area contributed by atoms with E-state index in [1.165, 1.54) is 12.3 Å². The Balaban J connectivity index is 1.64. The van der Waals surface area contributed by atoms with Crippen LogP contribution >= 0.6 is 0 Å². The number of furan rings is 2. The van der Waals surface area contributed by atoms with Gasteiger partial charge in [-0.1, -0.05) is 18.2 Å². The molecule has 2 aromatic heterocycles. The molecule has 0 atom stereocenters. The zero-order chi connectivity index (χ0) is 22.8. The van der Waals surface area contributed by atoms with Crippen LogP contribution in [0.5, 0.6) is 5.75 Å². The Morgan fingerprint density at radius 3 is 2.00 bits per heavy atom. The number of aliphatic imine (C=N–C) groups is 1. The van der Waals surface area contributed by atoms with Crippen molar-refractivity contribution in [2.75, 3.05) is 0 Å². The lowest BCUT2D eigenvalue weighted by molar-refractivity contribution is -0.398. The van der Waals surface area contributed by atoms with Gasteiger partial charge in [0, 0.05) is 12.3 Å². The third-order valence-corrected chi connectivity index (χ3v) is 5.11. The second kappa shape index (κ2) is 8.55. The first-order valence-electron chi connectivity index (χ1n) is 10.0. The van der Waals surface area contributed by atoms with E-state index in [1.807, 2.05) is 62.4 Å². The van der Waals surface area contributed by atoms with Crippen LogP contribution in [0.4, 0.5) is 11.4 Å². The molecule has 2 aromatic carbocycles. The monoisotopic (exact) mass is 429 g/mol. The molecule has 4 rings (SSSR count). The van der Waals surface area contributed by atoms with Gasteiger partial charge in [0.25, 0.3) is 5.69 Å². The molecule has 0 spiro atoms. The van der Waals surface area contributed by atoms with Crippen molar-refractivity contribution in [2.24, 2.45) is 4.99 Å². The summed E-state index contributed by atoms with van der Waals surface area (Å²) in [7, 11) is 0. The van der Waals surface area contributed by atoms with Gasteiger partial charge in [-0.05, 0) is 79.6 Å². The minimum absolute atomic E-state index is 0.177. The summed E-state index contributed by atoms with van der Waals surface area (Å²) in [4.78, 5) is 14.8. The first kappa shape index (κ1) is 21.1. The molecule has 0 amide bonds. The SMILES string of the molecule is Cc1cc(C=Nc2ccc(C(c3ccc(C)o3)c3ccc(C)o3)cc2)c([O-])c([N+](=O)[O-])c1. The molecule has 0 bridgehead atoms. The number of hydrogen-bond acceptors (Lipinski definition) is 6. The Hall–Kier alpha value is -4.13. The van der Waals surface area contributed by atoms with E-state index >= 15 is 0 Å². The van der Waals surface area contributed by atoms with E-state index in [4.69, 9.17) is 8.83 Å². The molecule has 0 N–H and O–H groups in total. The highest BCUT2D eigenvalue weighted by Crippen LogP contribution is 2.35. The van der Waals surface area contributed by atoms with Gasteiger partial charge in [0.15, 0.2) is 0 Å². The molecule has 4 aromatic rings. The van der Waals surface area contributed by atoms with Crippen LogP contribution in [-0.2, 0) is 0 Å². The number of benzene rings is 2. The van der Waals surface area contributed by atoms with Crippen LogP contribution in [0.1, 0.15) is 45.6 Å². The number of nitro benzene ring substituents is 1. The molecule has 0 aliphatic carbocycles. The second-order valence-corrected chi connectivity index (χ2v) is 7.64. The lowest BCUT2D eigenvalue weighted by atomic mass is 9.94. The topological polar surface area (TPSA) is 105 Å². The molecule has 0 aliphatic heterocycles. The Labute approximate surface area is 184 Å². The van der Waals surface area contributed by atoms with Gasteiger partial charge < -0.3 is 13.9 Å². The van der Waals surface area contributed by atoms with E-state index in [9.17, 15) is 15.2 Å². The van der Waals surface area contributed by atoms with Crippen LogP contribution in [0.2, 0.25) is 0 Å². The number of nitrogens with zero attached hydrogens (tertiary/aromatic N) is 2. The molecule has 0 saturated heterocycles. The van der Waals surface area contributed by atoms with Gasteiger partial charge in [-0.15, -0.1) is 0 Å². The van der Waals surface area contributed by atoms with Crippen LogP contribution in [0, 0.1) is 30.9 Å². The van der Waals surface area contributed by atoms with Gasteiger partial charge in [0.2, 0.25) is 0 Å². The molecule has 7 heteroatoms. The molecule has 0 saturated carbocycles. The van der Waals surface area contributed by atoms with Crippen molar-refractivity contribution in [3.05, 3.63) is 111 Å². The zero-order valence-corrected chi connectivity index (χ0v) is 17.9. The molecule has 0 unspecified atom stereocenters. The summed E-state index contributed by atoms with van der Waals surface area (Å²) in [6.45, 7) is 5.49. The predicted octanol–water partition coefficient (Wildman–Crippen LogP) is 5.71. The van der Waals surface area contributed by atoms with Crippen molar-refractivity contribution in [1.82, 2.24) is 0 Å². The van der Waals surface area contributed by atoms with E-state index in [1.54, 1.807) is 13.0 Å². The predicted molar refractivity (Wildman–Crippen MR) is 119 cm³/mol. The van der Waals surface area contributed by atoms with Crippen molar-refractivity contribution < 1.29 is 18.9 Å². The molecule has 0 radical (unpaired) electrons. The van der Waals surface area contributed by atoms with Gasteiger partial charge in [-0.2, -0.15) is 0 Å². The lowest BCUT2D eigenvalue weighted by Crippen LogP contribution is -2.02. The average molecular weight is 429 g/mol. The van der Waals surface area contributed by atoms with Crippen LogP contribution in [0.25, 0.3) is 0 Å².